The fourth-order valence-corrected chi connectivity index (χ4v) is 13.7. The molecule has 0 aliphatic carbocycles. The molecule has 0 aliphatic heterocycles. The van der Waals surface area contributed by atoms with E-state index in [0.29, 0.717) is 50.5 Å². The van der Waals surface area contributed by atoms with Crippen molar-refractivity contribution in [2.24, 2.45) is 17.6 Å². The molecule has 0 aromatic rings. The van der Waals surface area contributed by atoms with Crippen LogP contribution in [-0.4, -0.2) is 87.5 Å². The zero-order valence-electron chi connectivity index (χ0n) is 59.3. The predicted octanol–water partition coefficient (Wildman–Crippen LogP) is 23.1. The molecule has 12 nitrogen and oxygen atoms in total. The number of carboxylic acid groups (broad SMARTS) is 4. The van der Waals surface area contributed by atoms with Crippen LogP contribution in [0.15, 0.2) is 0 Å². The molecule has 0 spiro atoms. The minimum atomic E-state index is -0.673. The highest BCUT2D eigenvalue weighted by molar-refractivity contribution is 5.75. The van der Waals surface area contributed by atoms with Gasteiger partial charge in [0.25, 0.3) is 0 Å². The van der Waals surface area contributed by atoms with E-state index >= 15 is 0 Å². The van der Waals surface area contributed by atoms with Crippen molar-refractivity contribution in [3.63, 3.8) is 0 Å². The van der Waals surface area contributed by atoms with E-state index in [1.807, 2.05) is 6.92 Å². The standard InChI is InChI=1S/C78H150N2O10/c1-2-90-78(89)73(79)63-57-58-68-80(69-71(61-51-43-35-27-19-11-7-15-23-31-39-47-55-66-76(85)86)59-49-41-33-25-17-9-3-5-13-21-29-37-45-53-64-74(81)82)70-72(62-52-44-36-28-20-12-8-16-24-32-40-48-56-67-77(87)88)60-50-42-34-26-18-10-4-6-14-22-30-38-46-54-65-75(83)84/h71-73H,2-70,79H2,1H3,(H,81,82)(H,83,84)(H,85,86)(H,87,88). The predicted molar refractivity (Wildman–Crippen MR) is 379 cm³/mol. The van der Waals surface area contributed by atoms with Gasteiger partial charge >= 0.3 is 29.8 Å². The molecule has 0 amide bonds. The second kappa shape index (κ2) is 70.6. The van der Waals surface area contributed by atoms with Gasteiger partial charge in [0, 0.05) is 38.8 Å². The second-order valence-corrected chi connectivity index (χ2v) is 28.2. The normalized spacial score (nSPS) is 12.7. The smallest absolute Gasteiger partial charge is 0.322 e. The third kappa shape index (κ3) is 69.6. The second-order valence-electron chi connectivity index (χ2n) is 28.2. The molecule has 0 bridgehead atoms. The van der Waals surface area contributed by atoms with Crippen molar-refractivity contribution in [1.29, 1.82) is 0 Å². The maximum atomic E-state index is 12.5. The van der Waals surface area contributed by atoms with Gasteiger partial charge in [0.05, 0.1) is 6.61 Å². The van der Waals surface area contributed by atoms with Crippen LogP contribution in [0.1, 0.15) is 424 Å². The lowest BCUT2D eigenvalue weighted by Crippen LogP contribution is -2.36. The van der Waals surface area contributed by atoms with Crippen LogP contribution in [-0.2, 0) is 28.7 Å². The number of unbranched alkanes of at least 4 members (excludes halogenated alkanes) is 51. The largest absolute Gasteiger partial charge is 0.481 e. The summed E-state index contributed by atoms with van der Waals surface area (Å²) in [5.74, 6) is -1.53. The number of carbonyl (C=O) groups excluding carboxylic acids is 1. The Morgan fingerprint density at radius 2 is 0.456 bits per heavy atom. The van der Waals surface area contributed by atoms with E-state index in [4.69, 9.17) is 30.9 Å². The number of hydrogen-bond acceptors (Lipinski definition) is 8. The summed E-state index contributed by atoms with van der Waals surface area (Å²) >= 11 is 0. The van der Waals surface area contributed by atoms with E-state index in [9.17, 15) is 24.0 Å². The Kier molecular flexibility index (Phi) is 68.4. The van der Waals surface area contributed by atoms with Crippen LogP contribution in [0.3, 0.4) is 0 Å². The van der Waals surface area contributed by atoms with Crippen LogP contribution in [0.5, 0.6) is 0 Å². The van der Waals surface area contributed by atoms with E-state index in [-0.39, 0.29) is 5.97 Å². The van der Waals surface area contributed by atoms with Crippen molar-refractivity contribution in [1.82, 2.24) is 4.90 Å². The lowest BCUT2D eigenvalue weighted by Gasteiger charge is -2.32. The van der Waals surface area contributed by atoms with Gasteiger partial charge in [0.2, 0.25) is 0 Å². The fraction of sp³-hybridized carbons (Fsp3) is 0.936. The number of aliphatic carboxylic acids is 4. The van der Waals surface area contributed by atoms with Crippen molar-refractivity contribution in [3.8, 4) is 0 Å². The number of carbonyl (C=O) groups is 5. The van der Waals surface area contributed by atoms with Gasteiger partial charge in [-0.2, -0.15) is 0 Å². The number of ether oxygens (including phenoxy) is 1. The van der Waals surface area contributed by atoms with Gasteiger partial charge < -0.3 is 35.8 Å². The number of hydrogen-bond donors (Lipinski definition) is 5. The Labute approximate surface area is 555 Å². The van der Waals surface area contributed by atoms with E-state index in [1.54, 1.807) is 0 Å². The highest BCUT2D eigenvalue weighted by Crippen LogP contribution is 2.27. The van der Waals surface area contributed by atoms with Crippen molar-refractivity contribution >= 4 is 29.8 Å². The zero-order valence-corrected chi connectivity index (χ0v) is 59.3. The number of esters is 1. The maximum Gasteiger partial charge on any atom is 0.322 e. The topological polar surface area (TPSA) is 205 Å². The number of nitrogens with two attached hydrogens (primary N) is 1. The van der Waals surface area contributed by atoms with Gasteiger partial charge in [0.15, 0.2) is 0 Å². The first kappa shape index (κ1) is 87.3. The molecule has 0 radical (unpaired) electrons. The van der Waals surface area contributed by atoms with E-state index in [1.165, 1.54) is 334 Å². The highest BCUT2D eigenvalue weighted by atomic mass is 16.5. The highest BCUT2D eigenvalue weighted by Gasteiger charge is 2.20. The summed E-state index contributed by atoms with van der Waals surface area (Å²) in [5, 5.41) is 35.5. The average molecular weight is 1280 g/mol. The van der Waals surface area contributed by atoms with Gasteiger partial charge in [0.1, 0.15) is 6.04 Å². The molecule has 0 aromatic carbocycles. The Hall–Kier alpha value is -2.73. The molecular formula is C78H150N2O10. The van der Waals surface area contributed by atoms with E-state index in [0.717, 1.165) is 70.8 Å². The Balaban J connectivity index is 5.69. The summed E-state index contributed by atoms with van der Waals surface area (Å²) in [6, 6.07) is -0.543. The minimum absolute atomic E-state index is 0.268. The zero-order chi connectivity index (χ0) is 65.7. The lowest BCUT2D eigenvalue weighted by atomic mass is 9.91. The molecule has 90 heavy (non-hydrogen) atoms. The Morgan fingerprint density at radius 3 is 0.644 bits per heavy atom. The molecule has 0 heterocycles. The molecule has 0 aliphatic rings. The molecule has 12 heteroatoms. The molecular weight excluding hydrogens is 1120 g/mol. The van der Waals surface area contributed by atoms with Gasteiger partial charge in [-0.15, -0.1) is 0 Å². The monoisotopic (exact) mass is 1280 g/mol. The summed E-state index contributed by atoms with van der Waals surface area (Å²) in [7, 11) is 0. The van der Waals surface area contributed by atoms with Crippen LogP contribution >= 0.6 is 0 Å². The van der Waals surface area contributed by atoms with Crippen LogP contribution in [0.2, 0.25) is 0 Å². The summed E-state index contributed by atoms with van der Waals surface area (Å²) in [6.45, 7) is 5.69. The molecule has 0 saturated heterocycles. The van der Waals surface area contributed by atoms with Gasteiger partial charge in [-0.25, -0.2) is 0 Å². The Morgan fingerprint density at radius 1 is 0.278 bits per heavy atom. The fourth-order valence-electron chi connectivity index (χ4n) is 13.7. The third-order valence-electron chi connectivity index (χ3n) is 19.4. The summed E-state index contributed by atoms with van der Waals surface area (Å²) in [5.41, 5.74) is 6.35. The van der Waals surface area contributed by atoms with Gasteiger partial charge in [-0.05, 0) is 89.5 Å². The number of rotatable bonds is 77. The molecule has 3 unspecified atom stereocenters. The van der Waals surface area contributed by atoms with E-state index < -0.39 is 29.9 Å². The van der Waals surface area contributed by atoms with Crippen LogP contribution in [0, 0.1) is 11.8 Å². The van der Waals surface area contributed by atoms with Crippen molar-refractivity contribution < 1.29 is 49.1 Å². The first-order valence-electron chi connectivity index (χ1n) is 39.5. The summed E-state index contributed by atoms with van der Waals surface area (Å²) in [6.07, 6.45) is 76.9. The van der Waals surface area contributed by atoms with Crippen molar-refractivity contribution in [2.75, 3.05) is 26.2 Å². The molecule has 0 saturated carbocycles. The van der Waals surface area contributed by atoms with Gasteiger partial charge in [-0.3, -0.25) is 24.0 Å². The average Bonchev–Trinajstić information content (AvgIpc) is 3.64. The molecule has 0 aromatic heterocycles. The Bertz CT molecular complexity index is 1470. The third-order valence-corrected chi connectivity index (χ3v) is 19.4. The summed E-state index contributed by atoms with van der Waals surface area (Å²) < 4.78 is 5.30. The number of nitrogens with zero attached hydrogens (tertiary/aromatic N) is 1. The van der Waals surface area contributed by atoms with Crippen LogP contribution < -0.4 is 5.73 Å². The van der Waals surface area contributed by atoms with Crippen molar-refractivity contribution in [3.05, 3.63) is 0 Å². The number of carboxylic acids is 4. The first-order valence-corrected chi connectivity index (χ1v) is 39.5. The van der Waals surface area contributed by atoms with Gasteiger partial charge in [-0.1, -0.05) is 327 Å². The molecule has 3 atom stereocenters. The lowest BCUT2D eigenvalue weighted by molar-refractivity contribution is -0.145. The molecule has 0 fully saturated rings. The van der Waals surface area contributed by atoms with Crippen LogP contribution in [0.4, 0.5) is 0 Å². The molecule has 6 N–H and O–H groups in total. The summed E-state index contributed by atoms with van der Waals surface area (Å²) in [4.78, 5) is 58.6. The first-order chi connectivity index (χ1) is 43.9. The molecule has 0 rings (SSSR count). The van der Waals surface area contributed by atoms with E-state index in [2.05, 4.69) is 4.90 Å². The SMILES string of the molecule is CCOC(=O)C(N)CCCCN(CC(CCCCCCCCCCCCCCCCC(=O)O)CCCCCCCCCCCCCCCC(=O)O)CC(CCCCCCCCCCCCCCCCC(=O)O)CCCCCCCCCCCCCCCC(=O)O. The quantitative estimate of drug-likeness (QED) is 0.0285. The van der Waals surface area contributed by atoms with Crippen molar-refractivity contribution in [2.45, 2.75) is 430 Å². The maximum absolute atomic E-state index is 12.5. The molecule has 532 valence electrons. The van der Waals surface area contributed by atoms with Crippen LogP contribution in [0.25, 0.3) is 0 Å². The minimum Gasteiger partial charge on any atom is -0.481 e.